The Morgan fingerprint density at radius 3 is 2.76 bits per heavy atom. The van der Waals surface area contributed by atoms with E-state index in [1.165, 1.54) is 6.07 Å². The van der Waals surface area contributed by atoms with Crippen LogP contribution in [0, 0.1) is 0 Å². The van der Waals surface area contributed by atoms with Crippen LogP contribution in [0.15, 0.2) is 35.1 Å². The maximum absolute atomic E-state index is 11.6. The molecule has 0 radical (unpaired) electrons. The summed E-state index contributed by atoms with van der Waals surface area (Å²) >= 11 is 0. The molecule has 21 heavy (non-hydrogen) atoms. The Labute approximate surface area is 121 Å². The van der Waals surface area contributed by atoms with Gasteiger partial charge in [-0.3, -0.25) is 9.59 Å². The highest BCUT2D eigenvalue weighted by Gasteiger charge is 2.11. The second-order valence-corrected chi connectivity index (χ2v) is 4.90. The van der Waals surface area contributed by atoms with Gasteiger partial charge in [0.2, 0.25) is 5.88 Å². The first-order chi connectivity index (χ1) is 9.95. The van der Waals surface area contributed by atoms with E-state index in [0.717, 1.165) is 0 Å². The highest BCUT2D eigenvalue weighted by molar-refractivity contribution is 5.71. The number of nitrogens with zero attached hydrogens (tertiary/aromatic N) is 1. The third kappa shape index (κ3) is 3.92. The molecule has 0 unspecified atom stereocenters. The van der Waals surface area contributed by atoms with E-state index in [9.17, 15) is 9.59 Å². The van der Waals surface area contributed by atoms with Gasteiger partial charge in [-0.2, -0.15) is 4.98 Å². The van der Waals surface area contributed by atoms with Crippen molar-refractivity contribution in [1.29, 1.82) is 0 Å². The third-order valence-corrected chi connectivity index (χ3v) is 2.81. The number of aromatic nitrogens is 2. The van der Waals surface area contributed by atoms with Crippen LogP contribution in [0.5, 0.6) is 11.6 Å². The van der Waals surface area contributed by atoms with Gasteiger partial charge in [0.05, 0.1) is 12.5 Å². The zero-order chi connectivity index (χ0) is 15.4. The summed E-state index contributed by atoms with van der Waals surface area (Å²) in [7, 11) is 0. The average molecular weight is 288 g/mol. The van der Waals surface area contributed by atoms with E-state index in [-0.39, 0.29) is 23.8 Å². The van der Waals surface area contributed by atoms with Gasteiger partial charge >= 0.3 is 5.97 Å². The van der Waals surface area contributed by atoms with Crippen LogP contribution in [0.3, 0.4) is 0 Å². The van der Waals surface area contributed by atoms with Crippen molar-refractivity contribution in [2.75, 3.05) is 0 Å². The monoisotopic (exact) mass is 288 g/mol. The Balaban J connectivity index is 2.34. The summed E-state index contributed by atoms with van der Waals surface area (Å²) in [5.74, 6) is 0.157. The number of benzene rings is 1. The lowest BCUT2D eigenvalue weighted by Gasteiger charge is -2.10. The van der Waals surface area contributed by atoms with Gasteiger partial charge in [-0.15, -0.1) is 0 Å². The maximum atomic E-state index is 11.6. The number of hydrogen-bond acceptors (Lipinski definition) is 4. The van der Waals surface area contributed by atoms with Crippen LogP contribution in [0.4, 0.5) is 0 Å². The Bertz CT molecular complexity index is 707. The third-order valence-electron chi connectivity index (χ3n) is 2.81. The molecule has 0 fully saturated rings. The van der Waals surface area contributed by atoms with Crippen molar-refractivity contribution in [1.82, 2.24) is 9.97 Å². The van der Waals surface area contributed by atoms with Crippen molar-refractivity contribution in [3.05, 3.63) is 52.1 Å². The predicted molar refractivity (Wildman–Crippen MR) is 76.8 cm³/mol. The van der Waals surface area contributed by atoms with Crippen molar-refractivity contribution < 1.29 is 14.6 Å². The zero-order valence-electron chi connectivity index (χ0n) is 11.8. The molecular formula is C15H16N2O4. The molecule has 0 aliphatic rings. The number of aromatic amines is 1. The fourth-order valence-electron chi connectivity index (χ4n) is 1.80. The van der Waals surface area contributed by atoms with Crippen LogP contribution < -0.4 is 10.3 Å². The van der Waals surface area contributed by atoms with Crippen LogP contribution in [-0.2, 0) is 11.2 Å². The number of rotatable bonds is 5. The fourth-order valence-corrected chi connectivity index (χ4v) is 1.80. The van der Waals surface area contributed by atoms with Crippen molar-refractivity contribution >= 4 is 5.97 Å². The highest BCUT2D eigenvalue weighted by Crippen LogP contribution is 2.24. The minimum atomic E-state index is -0.951. The second kappa shape index (κ2) is 6.21. The number of hydrogen-bond donors (Lipinski definition) is 2. The standard InChI is InChI=1S/C15H16N2O4/c1-9(2)15-16-12(18)8-13(17-15)21-11-6-4-3-5-10(11)7-14(19)20/h3-6,8-9H,7H2,1-2H3,(H,19,20)(H,16,17,18). The molecule has 110 valence electrons. The predicted octanol–water partition coefficient (Wildman–Crippen LogP) is 2.31. The van der Waals surface area contributed by atoms with Gasteiger partial charge < -0.3 is 14.8 Å². The van der Waals surface area contributed by atoms with Gasteiger partial charge in [0.25, 0.3) is 5.56 Å². The molecule has 0 atom stereocenters. The van der Waals surface area contributed by atoms with Crippen molar-refractivity contribution in [3.63, 3.8) is 0 Å². The number of carbonyl (C=O) groups is 1. The number of para-hydroxylation sites is 1. The number of carboxylic acids is 1. The molecule has 0 saturated carbocycles. The summed E-state index contributed by atoms with van der Waals surface area (Å²) in [6.07, 6.45) is -0.156. The molecule has 0 amide bonds. The number of nitrogens with one attached hydrogen (secondary N) is 1. The van der Waals surface area contributed by atoms with E-state index in [4.69, 9.17) is 9.84 Å². The molecule has 0 saturated heterocycles. The SMILES string of the molecule is CC(C)c1nc(Oc2ccccc2CC(=O)O)cc(=O)[nH]1. The number of H-pyrrole nitrogens is 1. The van der Waals surface area contributed by atoms with Crippen LogP contribution in [0.25, 0.3) is 0 Å². The number of carboxylic acid groups (broad SMARTS) is 1. The van der Waals surface area contributed by atoms with E-state index in [2.05, 4.69) is 9.97 Å². The second-order valence-electron chi connectivity index (χ2n) is 4.90. The summed E-state index contributed by atoms with van der Waals surface area (Å²) in [5.41, 5.74) is 0.220. The molecule has 2 rings (SSSR count). The Morgan fingerprint density at radius 1 is 1.38 bits per heavy atom. The van der Waals surface area contributed by atoms with Gasteiger partial charge in [0, 0.05) is 11.5 Å². The zero-order valence-corrected chi connectivity index (χ0v) is 11.8. The molecule has 0 aliphatic carbocycles. The molecule has 2 N–H and O–H groups in total. The van der Waals surface area contributed by atoms with Crippen LogP contribution in [-0.4, -0.2) is 21.0 Å². The van der Waals surface area contributed by atoms with Crippen molar-refractivity contribution in [2.45, 2.75) is 26.2 Å². The maximum Gasteiger partial charge on any atom is 0.307 e. The van der Waals surface area contributed by atoms with Crippen LogP contribution in [0.1, 0.15) is 31.2 Å². The van der Waals surface area contributed by atoms with E-state index < -0.39 is 5.97 Å². The van der Waals surface area contributed by atoms with Gasteiger partial charge in [-0.05, 0) is 6.07 Å². The average Bonchev–Trinajstić information content (AvgIpc) is 2.39. The highest BCUT2D eigenvalue weighted by atomic mass is 16.5. The van der Waals surface area contributed by atoms with Crippen molar-refractivity contribution in [2.24, 2.45) is 0 Å². The lowest BCUT2D eigenvalue weighted by Crippen LogP contribution is -2.12. The molecule has 6 heteroatoms. The van der Waals surface area contributed by atoms with Crippen molar-refractivity contribution in [3.8, 4) is 11.6 Å². The number of ether oxygens (including phenoxy) is 1. The smallest absolute Gasteiger partial charge is 0.307 e. The number of aliphatic carboxylic acids is 1. The molecule has 1 aromatic heterocycles. The first kappa shape index (κ1) is 14.8. The first-order valence-corrected chi connectivity index (χ1v) is 6.54. The van der Waals surface area contributed by atoms with E-state index in [0.29, 0.717) is 17.1 Å². The fraction of sp³-hybridized carbons (Fsp3) is 0.267. The summed E-state index contributed by atoms with van der Waals surface area (Å²) < 4.78 is 5.59. The molecule has 6 nitrogen and oxygen atoms in total. The molecule has 0 aliphatic heterocycles. The van der Waals surface area contributed by atoms with E-state index in [1.54, 1.807) is 24.3 Å². The normalized spacial score (nSPS) is 10.6. The summed E-state index contributed by atoms with van der Waals surface area (Å²) in [6, 6.07) is 8.02. The quantitative estimate of drug-likeness (QED) is 0.880. The van der Waals surface area contributed by atoms with Crippen LogP contribution >= 0.6 is 0 Å². The summed E-state index contributed by atoms with van der Waals surface area (Å²) in [5, 5.41) is 8.89. The largest absolute Gasteiger partial charge is 0.481 e. The Kier molecular flexibility index (Phi) is 4.37. The topological polar surface area (TPSA) is 92.3 Å². The molecule has 1 aromatic carbocycles. The summed E-state index contributed by atoms with van der Waals surface area (Å²) in [4.78, 5) is 29.3. The van der Waals surface area contributed by atoms with Crippen LogP contribution in [0.2, 0.25) is 0 Å². The first-order valence-electron chi connectivity index (χ1n) is 6.54. The van der Waals surface area contributed by atoms with E-state index >= 15 is 0 Å². The van der Waals surface area contributed by atoms with Gasteiger partial charge in [0.1, 0.15) is 11.6 Å². The molecule has 1 heterocycles. The lowest BCUT2D eigenvalue weighted by molar-refractivity contribution is -0.136. The minimum absolute atomic E-state index is 0.0514. The van der Waals surface area contributed by atoms with Gasteiger partial charge in [-0.1, -0.05) is 32.0 Å². The lowest BCUT2D eigenvalue weighted by atomic mass is 10.1. The Morgan fingerprint density at radius 2 is 2.10 bits per heavy atom. The molecule has 0 bridgehead atoms. The molecule has 2 aromatic rings. The van der Waals surface area contributed by atoms with E-state index in [1.807, 2.05) is 13.8 Å². The van der Waals surface area contributed by atoms with Gasteiger partial charge in [0.15, 0.2) is 0 Å². The molecular weight excluding hydrogens is 272 g/mol. The minimum Gasteiger partial charge on any atom is -0.481 e. The Hall–Kier alpha value is -2.63. The molecule has 0 spiro atoms. The summed E-state index contributed by atoms with van der Waals surface area (Å²) in [6.45, 7) is 3.81. The van der Waals surface area contributed by atoms with Gasteiger partial charge in [-0.25, -0.2) is 0 Å².